The molecule has 2 amide bonds. The average Bonchev–Trinajstić information content (AvgIpc) is 2.37. The first-order valence-corrected chi connectivity index (χ1v) is 8.22. The van der Waals surface area contributed by atoms with Crippen LogP contribution < -0.4 is 10.6 Å². The Kier molecular flexibility index (Phi) is 12.0. The molecule has 0 atom stereocenters. The van der Waals surface area contributed by atoms with Gasteiger partial charge in [0.15, 0.2) is 0 Å². The Bertz CT molecular complexity index is 274. The number of carbonyl (C=O) groups is 2. The lowest BCUT2D eigenvalue weighted by Crippen LogP contribution is -2.25. The summed E-state index contributed by atoms with van der Waals surface area (Å²) < 4.78 is 0. The molecule has 6 heteroatoms. The van der Waals surface area contributed by atoms with E-state index in [2.05, 4.69) is 10.6 Å². The predicted molar refractivity (Wildman–Crippen MR) is 80.6 cm³/mol. The molecule has 0 radical (unpaired) electrons. The fourth-order valence-electron chi connectivity index (χ4n) is 1.05. The summed E-state index contributed by atoms with van der Waals surface area (Å²) in [5, 5.41) is 9.03. The smallest absolute Gasteiger partial charge is 0.244 e. The number of hydrogen-bond acceptors (Lipinski definition) is 4. The Morgan fingerprint density at radius 1 is 0.889 bits per heavy atom. The fraction of sp³-hybridized carbons (Fsp3) is 0.500. The average molecular weight is 288 g/mol. The molecule has 102 valence electrons. The maximum atomic E-state index is 11.2. The van der Waals surface area contributed by atoms with Crippen molar-refractivity contribution in [2.45, 2.75) is 12.8 Å². The van der Waals surface area contributed by atoms with Crippen LogP contribution in [0.1, 0.15) is 12.8 Å². The third-order valence-corrected chi connectivity index (χ3v) is 2.73. The van der Waals surface area contributed by atoms with Crippen molar-refractivity contribution in [2.24, 2.45) is 0 Å². The van der Waals surface area contributed by atoms with Gasteiger partial charge in [0.05, 0.1) is 0 Å². The zero-order valence-corrected chi connectivity index (χ0v) is 12.4. The van der Waals surface area contributed by atoms with Crippen LogP contribution in [-0.2, 0) is 9.59 Å². The highest BCUT2D eigenvalue weighted by molar-refractivity contribution is 8.01. The molecule has 2 N–H and O–H groups in total. The predicted octanol–water partition coefficient (Wildman–Crippen LogP) is 1.75. The van der Waals surface area contributed by atoms with Crippen molar-refractivity contribution in [2.75, 3.05) is 25.6 Å². The van der Waals surface area contributed by atoms with Crippen molar-refractivity contribution in [3.63, 3.8) is 0 Å². The van der Waals surface area contributed by atoms with Gasteiger partial charge in [-0.15, -0.1) is 23.5 Å². The molecule has 0 bridgehead atoms. The normalized spacial score (nSPS) is 11.0. The van der Waals surface area contributed by atoms with Crippen molar-refractivity contribution >= 4 is 35.3 Å². The first-order valence-electron chi connectivity index (χ1n) is 5.65. The van der Waals surface area contributed by atoms with Crippen molar-refractivity contribution < 1.29 is 9.59 Å². The van der Waals surface area contributed by atoms with Crippen LogP contribution in [0.15, 0.2) is 23.0 Å². The molecule has 0 aromatic heterocycles. The van der Waals surface area contributed by atoms with Crippen LogP contribution in [0.4, 0.5) is 0 Å². The van der Waals surface area contributed by atoms with E-state index in [0.717, 1.165) is 12.8 Å². The highest BCUT2D eigenvalue weighted by atomic mass is 32.2. The SMILES string of the molecule is CSC=CC(=O)NCCCCNC(=O)C=CSC. The summed E-state index contributed by atoms with van der Waals surface area (Å²) in [5.41, 5.74) is 0. The van der Waals surface area contributed by atoms with Gasteiger partial charge in [0.2, 0.25) is 11.8 Å². The minimum atomic E-state index is -0.0729. The van der Waals surface area contributed by atoms with Gasteiger partial charge in [0.1, 0.15) is 0 Å². The molecule has 0 aliphatic heterocycles. The number of carbonyl (C=O) groups excluding carboxylic acids is 2. The van der Waals surface area contributed by atoms with Crippen molar-refractivity contribution in [1.29, 1.82) is 0 Å². The number of thioether (sulfide) groups is 2. The first-order chi connectivity index (χ1) is 8.70. The molecule has 0 aromatic carbocycles. The van der Waals surface area contributed by atoms with E-state index in [9.17, 15) is 9.59 Å². The molecule has 0 aliphatic rings. The van der Waals surface area contributed by atoms with Gasteiger partial charge in [-0.2, -0.15) is 0 Å². The molecule has 0 heterocycles. The van der Waals surface area contributed by atoms with Gasteiger partial charge >= 0.3 is 0 Å². The number of nitrogens with one attached hydrogen (secondary N) is 2. The number of amides is 2. The summed E-state index contributed by atoms with van der Waals surface area (Å²) in [6.07, 6.45) is 8.53. The van der Waals surface area contributed by atoms with Gasteiger partial charge < -0.3 is 10.6 Å². The second-order valence-corrected chi connectivity index (χ2v) is 4.85. The van der Waals surface area contributed by atoms with Gasteiger partial charge in [0, 0.05) is 25.2 Å². The quantitative estimate of drug-likeness (QED) is 0.501. The van der Waals surface area contributed by atoms with Crippen molar-refractivity contribution in [3.05, 3.63) is 23.0 Å². The molecule has 0 aromatic rings. The molecule has 0 saturated carbocycles. The number of unbranched alkanes of at least 4 members (excludes halogenated alkanes) is 1. The summed E-state index contributed by atoms with van der Waals surface area (Å²) in [7, 11) is 0. The van der Waals surface area contributed by atoms with Crippen LogP contribution in [0.5, 0.6) is 0 Å². The van der Waals surface area contributed by atoms with Crippen molar-refractivity contribution in [1.82, 2.24) is 10.6 Å². The second-order valence-electron chi connectivity index (χ2n) is 3.37. The largest absolute Gasteiger partial charge is 0.353 e. The van der Waals surface area contributed by atoms with Gasteiger partial charge in [-0.1, -0.05) is 0 Å². The van der Waals surface area contributed by atoms with E-state index in [0.29, 0.717) is 13.1 Å². The second kappa shape index (κ2) is 12.6. The monoisotopic (exact) mass is 288 g/mol. The lowest BCUT2D eigenvalue weighted by molar-refractivity contribution is -0.117. The summed E-state index contributed by atoms with van der Waals surface area (Å²) in [5.74, 6) is -0.146. The molecule has 18 heavy (non-hydrogen) atoms. The zero-order valence-electron chi connectivity index (χ0n) is 10.8. The lowest BCUT2D eigenvalue weighted by atomic mass is 10.3. The first kappa shape index (κ1) is 17.1. The third kappa shape index (κ3) is 11.6. The van der Waals surface area contributed by atoms with Crippen LogP contribution in [-0.4, -0.2) is 37.4 Å². The number of hydrogen-bond donors (Lipinski definition) is 2. The van der Waals surface area contributed by atoms with Crippen LogP contribution in [0.2, 0.25) is 0 Å². The van der Waals surface area contributed by atoms with Crippen LogP contribution in [0.3, 0.4) is 0 Å². The Hall–Kier alpha value is -0.880. The fourth-order valence-corrected chi connectivity index (χ4v) is 1.57. The van der Waals surface area contributed by atoms with Gasteiger partial charge in [-0.3, -0.25) is 9.59 Å². The molecule has 0 saturated heterocycles. The Morgan fingerprint density at radius 3 is 1.61 bits per heavy atom. The standard InChI is InChI=1S/C12H20N2O2S2/c1-17-9-5-11(15)13-7-3-4-8-14-12(16)6-10-18-2/h5-6,9-10H,3-4,7-8H2,1-2H3,(H,13,15)(H,14,16). The van der Waals surface area contributed by atoms with E-state index < -0.39 is 0 Å². The summed E-state index contributed by atoms with van der Waals surface area (Å²) in [6.45, 7) is 1.27. The molecular formula is C12H20N2O2S2. The van der Waals surface area contributed by atoms with Gasteiger partial charge in [0.25, 0.3) is 0 Å². The maximum Gasteiger partial charge on any atom is 0.244 e. The van der Waals surface area contributed by atoms with E-state index in [1.807, 2.05) is 12.5 Å². The molecule has 0 fully saturated rings. The van der Waals surface area contributed by atoms with Gasteiger partial charge in [-0.05, 0) is 36.2 Å². The van der Waals surface area contributed by atoms with Crippen LogP contribution in [0, 0.1) is 0 Å². The summed E-state index contributed by atoms with van der Waals surface area (Å²) in [4.78, 5) is 22.3. The Balaban J connectivity index is 3.41. The van der Waals surface area contributed by atoms with Crippen LogP contribution in [0.25, 0.3) is 0 Å². The summed E-state index contributed by atoms with van der Waals surface area (Å²) in [6, 6.07) is 0. The van der Waals surface area contributed by atoms with E-state index in [4.69, 9.17) is 0 Å². The minimum Gasteiger partial charge on any atom is -0.353 e. The molecule has 0 rings (SSSR count). The zero-order chi connectivity index (χ0) is 13.6. The Labute approximate surface area is 117 Å². The molecule has 0 spiro atoms. The molecule has 0 unspecified atom stereocenters. The maximum absolute atomic E-state index is 11.2. The minimum absolute atomic E-state index is 0.0729. The van der Waals surface area contributed by atoms with Crippen LogP contribution >= 0.6 is 23.5 Å². The van der Waals surface area contributed by atoms with E-state index in [1.165, 1.54) is 35.7 Å². The molecule has 0 aliphatic carbocycles. The Morgan fingerprint density at radius 2 is 1.28 bits per heavy atom. The van der Waals surface area contributed by atoms with E-state index >= 15 is 0 Å². The van der Waals surface area contributed by atoms with E-state index in [1.54, 1.807) is 10.8 Å². The lowest BCUT2D eigenvalue weighted by Gasteiger charge is -2.03. The highest BCUT2D eigenvalue weighted by Gasteiger charge is 1.96. The van der Waals surface area contributed by atoms with E-state index in [-0.39, 0.29) is 11.8 Å². The highest BCUT2D eigenvalue weighted by Crippen LogP contribution is 1.93. The van der Waals surface area contributed by atoms with Gasteiger partial charge in [-0.25, -0.2) is 0 Å². The molecular weight excluding hydrogens is 268 g/mol. The van der Waals surface area contributed by atoms with Crippen molar-refractivity contribution in [3.8, 4) is 0 Å². The number of rotatable bonds is 9. The summed E-state index contributed by atoms with van der Waals surface area (Å²) >= 11 is 2.98. The third-order valence-electron chi connectivity index (χ3n) is 1.91. The molecule has 4 nitrogen and oxygen atoms in total. The topological polar surface area (TPSA) is 58.2 Å².